The number of carbonyl (C=O) groups is 2. The Kier molecular flexibility index (Phi) is 5.67. The van der Waals surface area contributed by atoms with Crippen molar-refractivity contribution in [1.82, 2.24) is 14.9 Å². The number of rotatable bonds is 3. The third kappa shape index (κ3) is 4.19. The van der Waals surface area contributed by atoms with Gasteiger partial charge in [-0.25, -0.2) is 14.8 Å². The molecule has 1 aromatic carbocycles. The van der Waals surface area contributed by atoms with E-state index in [4.69, 9.17) is 21.3 Å². The molecule has 1 aromatic heterocycles. The van der Waals surface area contributed by atoms with Gasteiger partial charge in [-0.3, -0.25) is 4.79 Å². The second-order valence-electron chi connectivity index (χ2n) is 7.28. The average molecular weight is 415 g/mol. The van der Waals surface area contributed by atoms with Gasteiger partial charge in [0, 0.05) is 43.8 Å². The quantitative estimate of drug-likeness (QED) is 0.766. The van der Waals surface area contributed by atoms with Gasteiger partial charge in [0.1, 0.15) is 0 Å². The molecule has 1 amide bonds. The molecule has 0 spiro atoms. The Hall–Kier alpha value is -2.67. The molecule has 8 heteroatoms. The number of hydrogen-bond donors (Lipinski definition) is 0. The van der Waals surface area contributed by atoms with E-state index in [2.05, 4.69) is 4.98 Å². The highest BCUT2D eigenvalue weighted by Crippen LogP contribution is 2.32. The molecule has 7 nitrogen and oxygen atoms in total. The molecule has 1 aliphatic carbocycles. The van der Waals surface area contributed by atoms with Crippen molar-refractivity contribution in [3.8, 4) is 0 Å². The Morgan fingerprint density at radius 1 is 1.17 bits per heavy atom. The number of benzene rings is 1. The van der Waals surface area contributed by atoms with Gasteiger partial charge in [0.25, 0.3) is 0 Å². The highest BCUT2D eigenvalue weighted by Gasteiger charge is 2.29. The fourth-order valence-corrected chi connectivity index (χ4v) is 3.99. The van der Waals surface area contributed by atoms with Crippen molar-refractivity contribution in [2.45, 2.75) is 25.7 Å². The van der Waals surface area contributed by atoms with Gasteiger partial charge in [0.15, 0.2) is 5.78 Å². The minimum Gasteiger partial charge on any atom is -0.450 e. The molecule has 0 bridgehead atoms. The number of nitrogens with zero attached hydrogens (tertiary/aromatic N) is 4. The molecular formula is C21H23ClN4O3. The Morgan fingerprint density at radius 3 is 2.59 bits per heavy atom. The molecule has 1 saturated heterocycles. The van der Waals surface area contributed by atoms with Crippen molar-refractivity contribution in [1.29, 1.82) is 0 Å². The van der Waals surface area contributed by atoms with Gasteiger partial charge in [0.2, 0.25) is 5.95 Å². The zero-order valence-corrected chi connectivity index (χ0v) is 17.1. The first-order valence-corrected chi connectivity index (χ1v) is 10.2. The minimum absolute atomic E-state index is 0.0740. The molecule has 0 unspecified atom stereocenters. The monoisotopic (exact) mass is 414 g/mol. The second kappa shape index (κ2) is 8.37. The predicted molar refractivity (Wildman–Crippen MR) is 110 cm³/mol. The van der Waals surface area contributed by atoms with Gasteiger partial charge in [0.05, 0.1) is 17.9 Å². The lowest BCUT2D eigenvalue weighted by molar-refractivity contribution is 0.0961. The normalized spacial score (nSPS) is 19.1. The molecule has 0 saturated carbocycles. The minimum atomic E-state index is -0.282. The molecular weight excluding hydrogens is 392 g/mol. The lowest BCUT2D eigenvalue weighted by atomic mass is 9.82. The van der Waals surface area contributed by atoms with E-state index in [9.17, 15) is 9.59 Å². The number of Topliss-reactive ketones (excluding diaryl/α,β-unsaturated/α-hetero) is 1. The Bertz CT molecular complexity index is 911. The van der Waals surface area contributed by atoms with Gasteiger partial charge in [-0.15, -0.1) is 0 Å². The lowest BCUT2D eigenvalue weighted by Gasteiger charge is -2.34. The van der Waals surface area contributed by atoms with Gasteiger partial charge < -0.3 is 14.5 Å². The first-order valence-electron chi connectivity index (χ1n) is 9.86. The lowest BCUT2D eigenvalue weighted by Crippen LogP contribution is -2.49. The molecule has 4 rings (SSSR count). The van der Waals surface area contributed by atoms with Crippen LogP contribution in [-0.2, 0) is 11.2 Å². The number of ketones is 1. The van der Waals surface area contributed by atoms with Crippen LogP contribution in [0, 0.1) is 0 Å². The number of anilines is 1. The van der Waals surface area contributed by atoms with Crippen LogP contribution in [0.2, 0.25) is 5.02 Å². The summed E-state index contributed by atoms with van der Waals surface area (Å²) < 4.78 is 5.06. The summed E-state index contributed by atoms with van der Waals surface area (Å²) in [4.78, 5) is 37.4. The Balaban J connectivity index is 1.49. The maximum absolute atomic E-state index is 12.6. The van der Waals surface area contributed by atoms with E-state index in [1.165, 1.54) is 0 Å². The number of piperazine rings is 1. The van der Waals surface area contributed by atoms with E-state index in [1.54, 1.807) is 18.0 Å². The van der Waals surface area contributed by atoms with Crippen LogP contribution in [0.25, 0.3) is 0 Å². The standard InChI is InChI=1S/C21H23ClN4O3/c1-2-29-21(28)26-9-7-25(8-10-26)20-23-13-17-18(24-20)11-15(12-19(17)27)14-3-5-16(22)6-4-14/h3-6,13,15H,2,7-12H2,1H3/t15-/m1/s1. The molecule has 1 atom stereocenters. The van der Waals surface area contributed by atoms with E-state index in [1.807, 2.05) is 29.2 Å². The Morgan fingerprint density at radius 2 is 1.90 bits per heavy atom. The van der Waals surface area contributed by atoms with Crippen molar-refractivity contribution >= 4 is 29.4 Å². The van der Waals surface area contributed by atoms with Crippen molar-refractivity contribution in [3.63, 3.8) is 0 Å². The molecule has 1 fully saturated rings. The summed E-state index contributed by atoms with van der Waals surface area (Å²) in [7, 11) is 0. The summed E-state index contributed by atoms with van der Waals surface area (Å²) >= 11 is 5.99. The van der Waals surface area contributed by atoms with E-state index in [0.717, 1.165) is 11.3 Å². The number of halogens is 1. The summed E-state index contributed by atoms with van der Waals surface area (Å²) in [5.74, 6) is 0.775. The van der Waals surface area contributed by atoms with Crippen LogP contribution in [0.15, 0.2) is 30.5 Å². The molecule has 152 valence electrons. The summed E-state index contributed by atoms with van der Waals surface area (Å²) in [6, 6.07) is 7.65. The number of amides is 1. The number of fused-ring (bicyclic) bond motifs is 1. The molecule has 0 radical (unpaired) electrons. The molecule has 2 heterocycles. The fraction of sp³-hybridized carbons (Fsp3) is 0.429. The third-order valence-corrected chi connectivity index (χ3v) is 5.71. The van der Waals surface area contributed by atoms with Crippen LogP contribution in [0.5, 0.6) is 0 Å². The van der Waals surface area contributed by atoms with Crippen LogP contribution < -0.4 is 4.90 Å². The summed E-state index contributed by atoms with van der Waals surface area (Å²) in [5, 5.41) is 0.683. The zero-order chi connectivity index (χ0) is 20.4. The first-order chi connectivity index (χ1) is 14.0. The van der Waals surface area contributed by atoms with Crippen molar-refractivity contribution in [2.24, 2.45) is 0 Å². The first kappa shape index (κ1) is 19.6. The van der Waals surface area contributed by atoms with Crippen LogP contribution in [0.1, 0.15) is 40.9 Å². The topological polar surface area (TPSA) is 75.6 Å². The van der Waals surface area contributed by atoms with Crippen LogP contribution >= 0.6 is 11.6 Å². The number of hydrogen-bond acceptors (Lipinski definition) is 6. The maximum atomic E-state index is 12.6. The van der Waals surface area contributed by atoms with Crippen LogP contribution in [0.3, 0.4) is 0 Å². The van der Waals surface area contributed by atoms with Crippen molar-refractivity contribution < 1.29 is 14.3 Å². The van der Waals surface area contributed by atoms with E-state index >= 15 is 0 Å². The molecule has 2 aliphatic rings. The average Bonchev–Trinajstić information content (AvgIpc) is 2.74. The van der Waals surface area contributed by atoms with Crippen molar-refractivity contribution in [2.75, 3.05) is 37.7 Å². The summed E-state index contributed by atoms with van der Waals surface area (Å²) in [6.45, 7) is 4.55. The molecule has 29 heavy (non-hydrogen) atoms. The SMILES string of the molecule is CCOC(=O)N1CCN(c2ncc3c(n2)C[C@@H](c2ccc(Cl)cc2)CC3=O)CC1. The van der Waals surface area contributed by atoms with E-state index in [-0.39, 0.29) is 17.8 Å². The van der Waals surface area contributed by atoms with Gasteiger partial charge in [-0.05, 0) is 37.0 Å². The predicted octanol–water partition coefficient (Wildman–Crippen LogP) is 3.32. The van der Waals surface area contributed by atoms with E-state index < -0.39 is 0 Å². The van der Waals surface area contributed by atoms with Crippen LogP contribution in [-0.4, -0.2) is 59.5 Å². The highest BCUT2D eigenvalue weighted by atomic mass is 35.5. The van der Waals surface area contributed by atoms with Crippen molar-refractivity contribution in [3.05, 3.63) is 52.3 Å². The zero-order valence-electron chi connectivity index (χ0n) is 16.3. The number of aromatic nitrogens is 2. The fourth-order valence-electron chi connectivity index (χ4n) is 3.86. The summed E-state index contributed by atoms with van der Waals surface area (Å²) in [5.41, 5.74) is 2.50. The molecule has 0 N–H and O–H groups in total. The third-order valence-electron chi connectivity index (χ3n) is 5.46. The largest absolute Gasteiger partial charge is 0.450 e. The highest BCUT2D eigenvalue weighted by molar-refractivity contribution is 6.30. The smallest absolute Gasteiger partial charge is 0.409 e. The van der Waals surface area contributed by atoms with E-state index in [0.29, 0.717) is 62.2 Å². The van der Waals surface area contributed by atoms with Gasteiger partial charge >= 0.3 is 6.09 Å². The summed E-state index contributed by atoms with van der Waals surface area (Å²) in [6.07, 6.45) is 2.52. The Labute approximate surface area is 174 Å². The molecule has 1 aliphatic heterocycles. The number of ether oxygens (including phenoxy) is 1. The van der Waals surface area contributed by atoms with Gasteiger partial charge in [-0.1, -0.05) is 23.7 Å². The van der Waals surface area contributed by atoms with Crippen LogP contribution in [0.4, 0.5) is 10.7 Å². The maximum Gasteiger partial charge on any atom is 0.409 e. The number of carbonyl (C=O) groups excluding carboxylic acids is 2. The molecule has 2 aromatic rings. The second-order valence-corrected chi connectivity index (χ2v) is 7.72. The van der Waals surface area contributed by atoms with Gasteiger partial charge in [-0.2, -0.15) is 0 Å².